The molecule has 0 unspecified atom stereocenters. The van der Waals surface area contributed by atoms with Gasteiger partial charge in [0, 0.05) is 30.3 Å². The number of nitro groups is 1. The number of aryl methyl sites for hydroxylation is 2. The van der Waals surface area contributed by atoms with Crippen molar-refractivity contribution in [3.05, 3.63) is 68.8 Å². The molecule has 5 heteroatoms. The van der Waals surface area contributed by atoms with E-state index in [9.17, 15) is 14.9 Å². The summed E-state index contributed by atoms with van der Waals surface area (Å²) < 4.78 is 0. The molecule has 0 aromatic heterocycles. The van der Waals surface area contributed by atoms with Gasteiger partial charge >= 0.3 is 0 Å². The predicted octanol–water partition coefficient (Wildman–Crippen LogP) is 4.04. The van der Waals surface area contributed by atoms with E-state index in [-0.39, 0.29) is 11.5 Å². The molecule has 0 bridgehead atoms. The van der Waals surface area contributed by atoms with Gasteiger partial charge in [-0.25, -0.2) is 0 Å². The highest BCUT2D eigenvalue weighted by Crippen LogP contribution is 2.32. The molecule has 1 heterocycles. The molecule has 5 nitrogen and oxygen atoms in total. The smallest absolute Gasteiger partial charge is 0.293 e. The van der Waals surface area contributed by atoms with Crippen molar-refractivity contribution in [2.45, 2.75) is 26.7 Å². The van der Waals surface area contributed by atoms with Gasteiger partial charge in [0.2, 0.25) is 0 Å². The van der Waals surface area contributed by atoms with E-state index in [1.54, 1.807) is 18.2 Å². The van der Waals surface area contributed by atoms with E-state index in [1.807, 2.05) is 30.9 Å². The lowest BCUT2D eigenvalue weighted by molar-refractivity contribution is -0.384. The molecule has 0 N–H and O–H groups in total. The number of carbonyl (C=O) groups excluding carboxylic acids is 1. The van der Waals surface area contributed by atoms with E-state index in [0.717, 1.165) is 37.1 Å². The lowest BCUT2D eigenvalue weighted by Crippen LogP contribution is -2.19. The Morgan fingerprint density at radius 1 is 1.08 bits per heavy atom. The standard InChI is InChI=1S/C19H20N2O3/c1-13-5-7-16(14(2)11-13)19(22)15-6-8-17(18(12-15)21(23)24)20-9-3-4-10-20/h5-8,11-12H,3-4,9-10H2,1-2H3. The molecule has 0 amide bonds. The molecule has 3 rings (SSSR count). The molecule has 0 atom stereocenters. The average molecular weight is 324 g/mol. The Morgan fingerprint density at radius 2 is 1.79 bits per heavy atom. The van der Waals surface area contributed by atoms with E-state index < -0.39 is 4.92 Å². The van der Waals surface area contributed by atoms with Gasteiger partial charge in [0.1, 0.15) is 5.69 Å². The number of anilines is 1. The minimum absolute atomic E-state index is 0.00696. The lowest BCUT2D eigenvalue weighted by atomic mass is 9.97. The summed E-state index contributed by atoms with van der Waals surface area (Å²) in [5, 5.41) is 11.5. The SMILES string of the molecule is Cc1ccc(C(=O)c2ccc(N3CCCC3)c([N+](=O)[O-])c2)c(C)c1. The molecule has 0 radical (unpaired) electrons. The normalized spacial score (nSPS) is 14.0. The van der Waals surface area contributed by atoms with Crippen molar-refractivity contribution in [3.8, 4) is 0 Å². The summed E-state index contributed by atoms with van der Waals surface area (Å²) in [7, 11) is 0. The summed E-state index contributed by atoms with van der Waals surface area (Å²) in [6.07, 6.45) is 2.08. The van der Waals surface area contributed by atoms with Gasteiger partial charge in [-0.05, 0) is 44.4 Å². The van der Waals surface area contributed by atoms with Gasteiger partial charge < -0.3 is 4.90 Å². The fourth-order valence-corrected chi connectivity index (χ4v) is 3.26. The summed E-state index contributed by atoms with van der Waals surface area (Å²) >= 11 is 0. The van der Waals surface area contributed by atoms with Crippen molar-refractivity contribution in [1.82, 2.24) is 0 Å². The van der Waals surface area contributed by atoms with E-state index >= 15 is 0 Å². The van der Waals surface area contributed by atoms with Gasteiger partial charge in [0.25, 0.3) is 5.69 Å². The second kappa shape index (κ2) is 6.43. The molecule has 1 aliphatic rings. The van der Waals surface area contributed by atoms with Crippen molar-refractivity contribution in [2.75, 3.05) is 18.0 Å². The van der Waals surface area contributed by atoms with Gasteiger partial charge in [-0.1, -0.05) is 23.8 Å². The number of rotatable bonds is 4. The Balaban J connectivity index is 2.00. The van der Waals surface area contributed by atoms with Crippen LogP contribution in [0.1, 0.15) is 39.9 Å². The zero-order chi connectivity index (χ0) is 17.3. The molecule has 1 saturated heterocycles. The maximum absolute atomic E-state index is 12.7. The quantitative estimate of drug-likeness (QED) is 0.484. The number of hydrogen-bond donors (Lipinski definition) is 0. The van der Waals surface area contributed by atoms with Crippen LogP contribution >= 0.6 is 0 Å². The third-order valence-electron chi connectivity index (χ3n) is 4.51. The number of hydrogen-bond acceptors (Lipinski definition) is 4. The molecule has 2 aromatic carbocycles. The van der Waals surface area contributed by atoms with Crippen LogP contribution in [0.3, 0.4) is 0 Å². The molecule has 0 aliphatic carbocycles. The maximum Gasteiger partial charge on any atom is 0.293 e. The van der Waals surface area contributed by atoms with Crippen LogP contribution in [0.2, 0.25) is 0 Å². The first-order chi connectivity index (χ1) is 11.5. The van der Waals surface area contributed by atoms with Crippen molar-refractivity contribution < 1.29 is 9.72 Å². The first kappa shape index (κ1) is 16.2. The third-order valence-corrected chi connectivity index (χ3v) is 4.51. The van der Waals surface area contributed by atoms with Crippen LogP contribution in [0, 0.1) is 24.0 Å². The molecule has 124 valence electrons. The molecule has 2 aromatic rings. The van der Waals surface area contributed by atoms with Gasteiger partial charge in [-0.2, -0.15) is 0 Å². The van der Waals surface area contributed by atoms with Gasteiger partial charge in [-0.3, -0.25) is 14.9 Å². The van der Waals surface area contributed by atoms with Gasteiger partial charge in [0.15, 0.2) is 5.78 Å². The lowest BCUT2D eigenvalue weighted by Gasteiger charge is -2.18. The summed E-state index contributed by atoms with van der Waals surface area (Å²) in [5.74, 6) is -0.177. The van der Waals surface area contributed by atoms with Crippen LogP contribution in [0.25, 0.3) is 0 Å². The van der Waals surface area contributed by atoms with Crippen LogP contribution in [0.15, 0.2) is 36.4 Å². The van der Waals surface area contributed by atoms with Crippen molar-refractivity contribution in [1.29, 1.82) is 0 Å². The summed E-state index contributed by atoms with van der Waals surface area (Å²) in [6.45, 7) is 5.50. The zero-order valence-corrected chi connectivity index (χ0v) is 13.9. The summed E-state index contributed by atoms with van der Waals surface area (Å²) in [6, 6.07) is 10.4. The highest BCUT2D eigenvalue weighted by Gasteiger charge is 2.24. The monoisotopic (exact) mass is 324 g/mol. The number of benzene rings is 2. The average Bonchev–Trinajstić information content (AvgIpc) is 3.08. The van der Waals surface area contributed by atoms with Crippen molar-refractivity contribution in [3.63, 3.8) is 0 Å². The van der Waals surface area contributed by atoms with E-state index in [0.29, 0.717) is 16.8 Å². The van der Waals surface area contributed by atoms with E-state index in [1.165, 1.54) is 6.07 Å². The number of nitrogens with zero attached hydrogens (tertiary/aromatic N) is 2. The predicted molar refractivity (Wildman–Crippen MR) is 93.9 cm³/mol. The molecule has 0 spiro atoms. The highest BCUT2D eigenvalue weighted by atomic mass is 16.6. The van der Waals surface area contributed by atoms with Crippen LogP contribution in [0.4, 0.5) is 11.4 Å². The van der Waals surface area contributed by atoms with Crippen molar-refractivity contribution >= 4 is 17.2 Å². The fraction of sp³-hybridized carbons (Fsp3) is 0.316. The summed E-state index contributed by atoms with van der Waals surface area (Å²) in [4.78, 5) is 25.8. The van der Waals surface area contributed by atoms with E-state index in [4.69, 9.17) is 0 Å². The fourth-order valence-electron chi connectivity index (χ4n) is 3.26. The molecular formula is C19H20N2O3. The van der Waals surface area contributed by atoms with Crippen LogP contribution in [-0.2, 0) is 0 Å². The highest BCUT2D eigenvalue weighted by molar-refractivity contribution is 6.10. The minimum atomic E-state index is -0.396. The Kier molecular flexibility index (Phi) is 4.34. The molecular weight excluding hydrogens is 304 g/mol. The van der Waals surface area contributed by atoms with Crippen molar-refractivity contribution in [2.24, 2.45) is 0 Å². The molecule has 1 fully saturated rings. The maximum atomic E-state index is 12.7. The van der Waals surface area contributed by atoms with Crippen LogP contribution in [0.5, 0.6) is 0 Å². The topological polar surface area (TPSA) is 63.5 Å². The number of nitro benzene ring substituents is 1. The summed E-state index contributed by atoms with van der Waals surface area (Å²) in [5.41, 5.74) is 3.52. The third kappa shape index (κ3) is 3.02. The van der Waals surface area contributed by atoms with Crippen LogP contribution in [-0.4, -0.2) is 23.8 Å². The number of ketones is 1. The first-order valence-electron chi connectivity index (χ1n) is 8.13. The van der Waals surface area contributed by atoms with E-state index in [2.05, 4.69) is 0 Å². The molecule has 1 aliphatic heterocycles. The minimum Gasteiger partial charge on any atom is -0.366 e. The Labute approximate surface area is 141 Å². The largest absolute Gasteiger partial charge is 0.366 e. The first-order valence-corrected chi connectivity index (χ1v) is 8.13. The number of carbonyl (C=O) groups is 1. The Hall–Kier alpha value is -2.69. The van der Waals surface area contributed by atoms with Gasteiger partial charge in [-0.15, -0.1) is 0 Å². The van der Waals surface area contributed by atoms with Gasteiger partial charge in [0.05, 0.1) is 4.92 Å². The second-order valence-electron chi connectivity index (χ2n) is 6.30. The van der Waals surface area contributed by atoms with Crippen LogP contribution < -0.4 is 4.90 Å². The Morgan fingerprint density at radius 3 is 2.42 bits per heavy atom. The Bertz CT molecular complexity index is 808. The molecule has 0 saturated carbocycles. The zero-order valence-electron chi connectivity index (χ0n) is 13.9. The molecule has 24 heavy (non-hydrogen) atoms. The second-order valence-corrected chi connectivity index (χ2v) is 6.30.